The summed E-state index contributed by atoms with van der Waals surface area (Å²) in [5.74, 6) is 0.0141. The fraction of sp³-hybridized carbons (Fsp3) is 0.529. The molecule has 3 N–H and O–H groups in total. The highest BCUT2D eigenvalue weighted by atomic mass is 16.3. The second-order valence-corrected chi connectivity index (χ2v) is 6.54. The quantitative estimate of drug-likeness (QED) is 0.753. The molecule has 0 spiro atoms. The minimum absolute atomic E-state index is 0.0465. The van der Waals surface area contributed by atoms with Gasteiger partial charge in [0.1, 0.15) is 0 Å². The van der Waals surface area contributed by atoms with Crippen molar-refractivity contribution in [3.05, 3.63) is 29.8 Å². The maximum absolute atomic E-state index is 12.1. The summed E-state index contributed by atoms with van der Waals surface area (Å²) in [7, 11) is 0. The molecule has 1 aromatic carbocycles. The number of hydrogen-bond donors (Lipinski definition) is 3. The Morgan fingerprint density at radius 2 is 1.86 bits per heavy atom. The zero-order valence-corrected chi connectivity index (χ0v) is 13.3. The molecule has 5 heteroatoms. The van der Waals surface area contributed by atoms with Crippen LogP contribution in [-0.4, -0.2) is 29.1 Å². The van der Waals surface area contributed by atoms with E-state index in [-0.39, 0.29) is 30.2 Å². The average molecular weight is 304 g/mol. The minimum Gasteiger partial charge on any atom is -0.388 e. The van der Waals surface area contributed by atoms with Crippen LogP contribution in [0.3, 0.4) is 0 Å². The first-order chi connectivity index (χ1) is 10.3. The van der Waals surface area contributed by atoms with Crippen LogP contribution in [0, 0.1) is 11.8 Å². The first-order valence-electron chi connectivity index (χ1n) is 7.71. The molecule has 1 atom stereocenters. The summed E-state index contributed by atoms with van der Waals surface area (Å²) in [4.78, 5) is 23.7. The molecule has 2 amide bonds. The molecule has 120 valence electrons. The van der Waals surface area contributed by atoms with E-state index in [9.17, 15) is 14.7 Å². The van der Waals surface area contributed by atoms with Crippen molar-refractivity contribution in [3.63, 3.8) is 0 Å². The Kier molecular flexibility index (Phi) is 4.86. The fourth-order valence-electron chi connectivity index (χ4n) is 1.86. The number of carbonyl (C=O) groups excluding carboxylic acids is 2. The van der Waals surface area contributed by atoms with Crippen molar-refractivity contribution in [1.82, 2.24) is 5.32 Å². The van der Waals surface area contributed by atoms with Crippen LogP contribution in [-0.2, 0) is 4.79 Å². The van der Waals surface area contributed by atoms with Crippen LogP contribution in [0.5, 0.6) is 0 Å². The van der Waals surface area contributed by atoms with Gasteiger partial charge < -0.3 is 15.7 Å². The van der Waals surface area contributed by atoms with Gasteiger partial charge >= 0.3 is 0 Å². The SMILES string of the molecule is CC(C)C(C)(O)CNC(=O)c1ccc(NC(=O)C2CC2)cc1. The van der Waals surface area contributed by atoms with E-state index in [1.54, 1.807) is 31.2 Å². The number of anilines is 1. The van der Waals surface area contributed by atoms with Gasteiger partial charge in [-0.3, -0.25) is 9.59 Å². The van der Waals surface area contributed by atoms with Crippen molar-refractivity contribution in [2.45, 2.75) is 39.2 Å². The smallest absolute Gasteiger partial charge is 0.251 e. The highest BCUT2D eigenvalue weighted by Gasteiger charge is 2.29. The minimum atomic E-state index is -0.937. The molecular weight excluding hydrogens is 280 g/mol. The van der Waals surface area contributed by atoms with Gasteiger partial charge in [0, 0.05) is 23.7 Å². The summed E-state index contributed by atoms with van der Waals surface area (Å²) in [5, 5.41) is 15.7. The Bertz CT molecular complexity index is 546. The van der Waals surface area contributed by atoms with Crippen LogP contribution in [0.1, 0.15) is 44.0 Å². The summed E-state index contributed by atoms with van der Waals surface area (Å²) in [6.45, 7) is 5.71. The van der Waals surface area contributed by atoms with E-state index in [0.29, 0.717) is 11.3 Å². The Labute approximate surface area is 131 Å². The van der Waals surface area contributed by atoms with Gasteiger partial charge in [0.25, 0.3) is 5.91 Å². The Hall–Kier alpha value is -1.88. The second kappa shape index (κ2) is 6.48. The summed E-state index contributed by atoms with van der Waals surface area (Å²) in [6.07, 6.45) is 1.92. The fourth-order valence-corrected chi connectivity index (χ4v) is 1.86. The lowest BCUT2D eigenvalue weighted by atomic mass is 9.92. The van der Waals surface area contributed by atoms with Crippen molar-refractivity contribution in [2.75, 3.05) is 11.9 Å². The molecule has 0 saturated heterocycles. The number of rotatable bonds is 6. The van der Waals surface area contributed by atoms with Crippen LogP contribution in [0.2, 0.25) is 0 Å². The van der Waals surface area contributed by atoms with Crippen molar-refractivity contribution >= 4 is 17.5 Å². The van der Waals surface area contributed by atoms with Crippen molar-refractivity contribution in [2.24, 2.45) is 11.8 Å². The predicted octanol–water partition coefficient (Wildman–Crippen LogP) is 2.17. The Morgan fingerprint density at radius 3 is 2.36 bits per heavy atom. The van der Waals surface area contributed by atoms with Gasteiger partial charge in [-0.25, -0.2) is 0 Å². The van der Waals surface area contributed by atoms with E-state index >= 15 is 0 Å². The maximum Gasteiger partial charge on any atom is 0.251 e. The van der Waals surface area contributed by atoms with E-state index in [1.807, 2.05) is 13.8 Å². The van der Waals surface area contributed by atoms with Gasteiger partial charge in [-0.2, -0.15) is 0 Å². The third kappa shape index (κ3) is 4.31. The normalized spacial score (nSPS) is 17.0. The van der Waals surface area contributed by atoms with Crippen LogP contribution < -0.4 is 10.6 Å². The first kappa shape index (κ1) is 16.5. The molecule has 1 aromatic rings. The number of hydrogen-bond acceptors (Lipinski definition) is 3. The van der Waals surface area contributed by atoms with Crippen LogP contribution in [0.4, 0.5) is 5.69 Å². The number of benzene rings is 1. The molecule has 2 rings (SSSR count). The standard InChI is InChI=1S/C17H24N2O3/c1-11(2)17(3,22)10-18-15(20)12-6-8-14(9-7-12)19-16(21)13-4-5-13/h6-9,11,13,22H,4-5,10H2,1-3H3,(H,18,20)(H,19,21). The van der Waals surface area contributed by atoms with E-state index in [1.165, 1.54) is 0 Å². The number of nitrogens with one attached hydrogen (secondary N) is 2. The molecule has 5 nitrogen and oxygen atoms in total. The lowest BCUT2D eigenvalue weighted by Gasteiger charge is -2.27. The summed E-state index contributed by atoms with van der Waals surface area (Å²) in [6, 6.07) is 6.77. The Balaban J connectivity index is 1.89. The molecule has 0 bridgehead atoms. The van der Waals surface area contributed by atoms with E-state index in [4.69, 9.17) is 0 Å². The van der Waals surface area contributed by atoms with Gasteiger partial charge in [-0.1, -0.05) is 13.8 Å². The van der Waals surface area contributed by atoms with E-state index in [0.717, 1.165) is 12.8 Å². The van der Waals surface area contributed by atoms with Crippen LogP contribution in [0.15, 0.2) is 24.3 Å². The van der Waals surface area contributed by atoms with Gasteiger partial charge in [0.2, 0.25) is 5.91 Å². The van der Waals surface area contributed by atoms with Crippen LogP contribution in [0.25, 0.3) is 0 Å². The molecule has 1 fully saturated rings. The summed E-state index contributed by atoms with van der Waals surface area (Å²) in [5.41, 5.74) is 0.264. The topological polar surface area (TPSA) is 78.4 Å². The molecule has 1 unspecified atom stereocenters. The Morgan fingerprint density at radius 1 is 1.27 bits per heavy atom. The van der Waals surface area contributed by atoms with Gasteiger partial charge in [0.05, 0.1) is 5.60 Å². The number of amides is 2. The molecule has 0 aromatic heterocycles. The van der Waals surface area contributed by atoms with Crippen molar-refractivity contribution in [1.29, 1.82) is 0 Å². The zero-order valence-electron chi connectivity index (χ0n) is 13.3. The second-order valence-electron chi connectivity index (χ2n) is 6.54. The largest absolute Gasteiger partial charge is 0.388 e. The highest BCUT2D eigenvalue weighted by Crippen LogP contribution is 2.30. The van der Waals surface area contributed by atoms with Crippen molar-refractivity contribution in [3.8, 4) is 0 Å². The summed E-state index contributed by atoms with van der Waals surface area (Å²) >= 11 is 0. The summed E-state index contributed by atoms with van der Waals surface area (Å²) < 4.78 is 0. The number of aliphatic hydroxyl groups is 1. The molecule has 0 radical (unpaired) electrons. The monoisotopic (exact) mass is 304 g/mol. The molecule has 0 aliphatic heterocycles. The van der Waals surface area contributed by atoms with Gasteiger partial charge in [0.15, 0.2) is 0 Å². The molecule has 1 saturated carbocycles. The first-order valence-corrected chi connectivity index (χ1v) is 7.71. The lowest BCUT2D eigenvalue weighted by molar-refractivity contribution is -0.117. The molecule has 0 heterocycles. The maximum atomic E-state index is 12.1. The third-order valence-electron chi connectivity index (χ3n) is 4.21. The number of carbonyl (C=O) groups is 2. The predicted molar refractivity (Wildman–Crippen MR) is 85.6 cm³/mol. The van der Waals surface area contributed by atoms with Gasteiger partial charge in [-0.15, -0.1) is 0 Å². The molecule has 1 aliphatic rings. The molecular formula is C17H24N2O3. The molecule has 22 heavy (non-hydrogen) atoms. The van der Waals surface area contributed by atoms with E-state index in [2.05, 4.69) is 10.6 Å². The average Bonchev–Trinajstić information content (AvgIpc) is 3.30. The van der Waals surface area contributed by atoms with Crippen LogP contribution >= 0.6 is 0 Å². The van der Waals surface area contributed by atoms with E-state index < -0.39 is 5.60 Å². The highest BCUT2D eigenvalue weighted by molar-refractivity contribution is 5.96. The lowest BCUT2D eigenvalue weighted by Crippen LogP contribution is -2.44. The third-order valence-corrected chi connectivity index (χ3v) is 4.21. The van der Waals surface area contributed by atoms with Crippen molar-refractivity contribution < 1.29 is 14.7 Å². The molecule has 1 aliphatic carbocycles. The van der Waals surface area contributed by atoms with Gasteiger partial charge in [-0.05, 0) is 49.9 Å². The zero-order chi connectivity index (χ0) is 16.3.